The number of hydrogen-bond donors (Lipinski definition) is 1. The van der Waals surface area contributed by atoms with Crippen molar-refractivity contribution in [2.75, 3.05) is 25.0 Å². The zero-order valence-corrected chi connectivity index (χ0v) is 12.0. The summed E-state index contributed by atoms with van der Waals surface area (Å²) in [6.45, 7) is 8.04. The Hall–Kier alpha value is -1.09. The predicted octanol–water partition coefficient (Wildman–Crippen LogP) is 3.75. The Morgan fingerprint density at radius 1 is 1.47 bits per heavy atom. The van der Waals surface area contributed by atoms with Gasteiger partial charge in [0.1, 0.15) is 5.82 Å². The third-order valence-corrected chi connectivity index (χ3v) is 4.01. The van der Waals surface area contributed by atoms with Gasteiger partial charge in [0, 0.05) is 18.3 Å². The number of hydrogen-bond acceptors (Lipinski definition) is 2. The lowest BCUT2D eigenvalue weighted by atomic mass is 9.91. The molecule has 0 amide bonds. The third kappa shape index (κ3) is 4.20. The van der Waals surface area contributed by atoms with Crippen LogP contribution in [-0.4, -0.2) is 30.6 Å². The number of nitrogens with zero attached hydrogens (tertiary/aromatic N) is 1. The lowest BCUT2D eigenvalue weighted by molar-refractivity contribution is 0.165. The maximum Gasteiger partial charge on any atom is 0.125 e. The molecular formula is C16H25FN2. The first-order valence-electron chi connectivity index (χ1n) is 7.43. The van der Waals surface area contributed by atoms with Gasteiger partial charge in [-0.1, -0.05) is 13.0 Å². The number of nitrogens with one attached hydrogen (secondary N) is 1. The molecule has 2 nitrogen and oxygen atoms in total. The number of halogens is 1. The molecule has 0 bridgehead atoms. The molecule has 1 N–H and O–H groups in total. The summed E-state index contributed by atoms with van der Waals surface area (Å²) in [5.41, 5.74) is 0.889. The van der Waals surface area contributed by atoms with Crippen molar-refractivity contribution in [3.05, 3.63) is 30.1 Å². The summed E-state index contributed by atoms with van der Waals surface area (Å²) in [6.07, 6.45) is 3.77. The maximum atomic E-state index is 13.2. The van der Waals surface area contributed by atoms with Crippen LogP contribution in [0.25, 0.3) is 0 Å². The standard InChI is InChI=1S/C16H25FN2/c1-3-9-19-10-5-6-14(12-19)13(2)18-16-8-4-7-15(17)11-16/h4,7-8,11,13-14,18H,3,5-6,9-10,12H2,1-2H3. The van der Waals surface area contributed by atoms with Crippen LogP contribution >= 0.6 is 0 Å². The molecule has 1 fully saturated rings. The van der Waals surface area contributed by atoms with Gasteiger partial charge in [-0.3, -0.25) is 0 Å². The largest absolute Gasteiger partial charge is 0.382 e. The summed E-state index contributed by atoms with van der Waals surface area (Å²) < 4.78 is 13.2. The van der Waals surface area contributed by atoms with E-state index in [0.29, 0.717) is 12.0 Å². The minimum atomic E-state index is -0.173. The van der Waals surface area contributed by atoms with Crippen LogP contribution in [0.15, 0.2) is 24.3 Å². The highest BCUT2D eigenvalue weighted by atomic mass is 19.1. The molecule has 3 heteroatoms. The third-order valence-electron chi connectivity index (χ3n) is 4.01. The average molecular weight is 264 g/mol. The second kappa shape index (κ2) is 6.90. The van der Waals surface area contributed by atoms with Crippen LogP contribution in [0.4, 0.5) is 10.1 Å². The molecule has 0 aliphatic carbocycles. The molecule has 0 radical (unpaired) electrons. The monoisotopic (exact) mass is 264 g/mol. The smallest absolute Gasteiger partial charge is 0.125 e. The van der Waals surface area contributed by atoms with Crippen molar-refractivity contribution in [1.82, 2.24) is 4.90 Å². The van der Waals surface area contributed by atoms with Gasteiger partial charge < -0.3 is 10.2 Å². The van der Waals surface area contributed by atoms with Crippen molar-refractivity contribution < 1.29 is 4.39 Å². The van der Waals surface area contributed by atoms with Crippen LogP contribution in [-0.2, 0) is 0 Å². The molecule has 106 valence electrons. The lowest BCUT2D eigenvalue weighted by Gasteiger charge is -2.36. The van der Waals surface area contributed by atoms with E-state index in [2.05, 4.69) is 24.1 Å². The second-order valence-electron chi connectivity index (χ2n) is 5.65. The molecule has 2 rings (SSSR count). The minimum absolute atomic E-state index is 0.173. The van der Waals surface area contributed by atoms with E-state index in [9.17, 15) is 4.39 Å². The number of benzene rings is 1. The number of rotatable bonds is 5. The van der Waals surface area contributed by atoms with E-state index in [4.69, 9.17) is 0 Å². The van der Waals surface area contributed by atoms with Crippen molar-refractivity contribution >= 4 is 5.69 Å². The first-order valence-corrected chi connectivity index (χ1v) is 7.43. The molecule has 19 heavy (non-hydrogen) atoms. The first-order chi connectivity index (χ1) is 9.19. The SMILES string of the molecule is CCCN1CCCC(C(C)Nc2cccc(F)c2)C1. The van der Waals surface area contributed by atoms with E-state index in [1.807, 2.05) is 6.07 Å². The highest BCUT2D eigenvalue weighted by Gasteiger charge is 2.24. The molecule has 0 aromatic heterocycles. The summed E-state index contributed by atoms with van der Waals surface area (Å²) in [7, 11) is 0. The predicted molar refractivity (Wildman–Crippen MR) is 78.9 cm³/mol. The van der Waals surface area contributed by atoms with Gasteiger partial charge in [0.15, 0.2) is 0 Å². The summed E-state index contributed by atoms with van der Waals surface area (Å²) in [4.78, 5) is 2.55. The van der Waals surface area contributed by atoms with E-state index in [-0.39, 0.29) is 5.82 Å². The van der Waals surface area contributed by atoms with E-state index in [0.717, 1.165) is 12.2 Å². The Labute approximate surface area is 116 Å². The summed E-state index contributed by atoms with van der Waals surface area (Å²) in [5.74, 6) is 0.483. The minimum Gasteiger partial charge on any atom is -0.382 e. The van der Waals surface area contributed by atoms with Gasteiger partial charge in [-0.05, 0) is 63.4 Å². The molecule has 0 saturated carbocycles. The van der Waals surface area contributed by atoms with E-state index < -0.39 is 0 Å². The first kappa shape index (κ1) is 14.3. The Balaban J connectivity index is 1.90. The van der Waals surface area contributed by atoms with Gasteiger partial charge >= 0.3 is 0 Å². The van der Waals surface area contributed by atoms with Gasteiger partial charge in [-0.2, -0.15) is 0 Å². The van der Waals surface area contributed by atoms with Crippen molar-refractivity contribution in [3.8, 4) is 0 Å². The summed E-state index contributed by atoms with van der Waals surface area (Å²) in [6, 6.07) is 7.14. The lowest BCUT2D eigenvalue weighted by Crippen LogP contribution is -2.42. The van der Waals surface area contributed by atoms with Crippen LogP contribution in [0, 0.1) is 11.7 Å². The van der Waals surface area contributed by atoms with Gasteiger partial charge in [0.05, 0.1) is 0 Å². The van der Waals surface area contributed by atoms with Gasteiger partial charge in [-0.15, -0.1) is 0 Å². The van der Waals surface area contributed by atoms with E-state index in [1.54, 1.807) is 12.1 Å². The quantitative estimate of drug-likeness (QED) is 0.871. The zero-order chi connectivity index (χ0) is 13.7. The molecule has 1 saturated heterocycles. The fourth-order valence-corrected chi connectivity index (χ4v) is 2.98. The van der Waals surface area contributed by atoms with E-state index >= 15 is 0 Å². The Morgan fingerprint density at radius 2 is 2.32 bits per heavy atom. The highest BCUT2D eigenvalue weighted by molar-refractivity contribution is 5.44. The topological polar surface area (TPSA) is 15.3 Å². The summed E-state index contributed by atoms with van der Waals surface area (Å²) in [5, 5.41) is 3.45. The van der Waals surface area contributed by atoms with Gasteiger partial charge in [0.25, 0.3) is 0 Å². The molecule has 0 spiro atoms. The maximum absolute atomic E-state index is 13.2. The molecule has 1 aliphatic heterocycles. The van der Waals surface area contributed by atoms with Crippen molar-refractivity contribution in [2.45, 2.75) is 39.2 Å². The second-order valence-corrected chi connectivity index (χ2v) is 5.65. The normalized spacial score (nSPS) is 22.2. The van der Waals surface area contributed by atoms with Crippen LogP contribution < -0.4 is 5.32 Å². The van der Waals surface area contributed by atoms with Crippen molar-refractivity contribution in [1.29, 1.82) is 0 Å². The molecule has 2 unspecified atom stereocenters. The molecule has 1 heterocycles. The number of anilines is 1. The molecular weight excluding hydrogens is 239 g/mol. The van der Waals surface area contributed by atoms with Crippen LogP contribution in [0.2, 0.25) is 0 Å². The zero-order valence-electron chi connectivity index (χ0n) is 12.0. The summed E-state index contributed by atoms with van der Waals surface area (Å²) >= 11 is 0. The fraction of sp³-hybridized carbons (Fsp3) is 0.625. The van der Waals surface area contributed by atoms with E-state index in [1.165, 1.54) is 38.4 Å². The molecule has 1 aliphatic rings. The highest BCUT2D eigenvalue weighted by Crippen LogP contribution is 2.22. The molecule has 1 aromatic carbocycles. The van der Waals surface area contributed by atoms with Crippen molar-refractivity contribution in [2.24, 2.45) is 5.92 Å². The Bertz CT molecular complexity index is 392. The van der Waals surface area contributed by atoms with Gasteiger partial charge in [-0.25, -0.2) is 4.39 Å². The number of piperidine rings is 1. The fourth-order valence-electron chi connectivity index (χ4n) is 2.98. The molecule has 1 aromatic rings. The van der Waals surface area contributed by atoms with Gasteiger partial charge in [0.2, 0.25) is 0 Å². The number of likely N-dealkylation sites (tertiary alicyclic amines) is 1. The van der Waals surface area contributed by atoms with Crippen LogP contribution in [0.5, 0.6) is 0 Å². The Kier molecular flexibility index (Phi) is 5.20. The van der Waals surface area contributed by atoms with Crippen molar-refractivity contribution in [3.63, 3.8) is 0 Å². The Morgan fingerprint density at radius 3 is 3.05 bits per heavy atom. The van der Waals surface area contributed by atoms with Crippen LogP contribution in [0.3, 0.4) is 0 Å². The average Bonchev–Trinajstić information content (AvgIpc) is 2.39. The molecule has 2 atom stereocenters. The van der Waals surface area contributed by atoms with Crippen LogP contribution in [0.1, 0.15) is 33.1 Å².